The Morgan fingerprint density at radius 3 is 2.44 bits per heavy atom. The maximum Gasteiger partial charge on any atom is 0.0600 e. The summed E-state index contributed by atoms with van der Waals surface area (Å²) in [6.45, 7) is 10.7. The average Bonchev–Trinajstić information content (AvgIpc) is 2.38. The lowest BCUT2D eigenvalue weighted by atomic mass is 10.0. The molecule has 0 radical (unpaired) electrons. The molecule has 18 heavy (non-hydrogen) atoms. The van der Waals surface area contributed by atoms with Crippen molar-refractivity contribution >= 4 is 5.69 Å². The van der Waals surface area contributed by atoms with E-state index >= 15 is 0 Å². The zero-order valence-corrected chi connectivity index (χ0v) is 12.2. The van der Waals surface area contributed by atoms with Gasteiger partial charge in [-0.05, 0) is 30.4 Å². The van der Waals surface area contributed by atoms with Crippen molar-refractivity contribution in [1.82, 2.24) is 4.98 Å². The first kappa shape index (κ1) is 15.0. The van der Waals surface area contributed by atoms with Gasteiger partial charge in [0, 0.05) is 25.3 Å². The second-order valence-corrected chi connectivity index (χ2v) is 5.23. The monoisotopic (exact) mass is 249 g/mol. The van der Waals surface area contributed by atoms with Gasteiger partial charge in [-0.15, -0.1) is 0 Å². The number of nitrogens with two attached hydrogens (primary N) is 1. The summed E-state index contributed by atoms with van der Waals surface area (Å²) in [7, 11) is 0. The Kier molecular flexibility index (Phi) is 6.13. The summed E-state index contributed by atoms with van der Waals surface area (Å²) in [5, 5.41) is 0. The van der Waals surface area contributed by atoms with Crippen LogP contribution in [0.5, 0.6) is 0 Å². The Morgan fingerprint density at radius 2 is 1.94 bits per heavy atom. The Bertz CT molecular complexity index is 345. The van der Waals surface area contributed by atoms with E-state index in [1.54, 1.807) is 0 Å². The lowest BCUT2D eigenvalue weighted by Gasteiger charge is -2.35. The molecular weight excluding hydrogens is 222 g/mol. The minimum Gasteiger partial charge on any atom is -0.367 e. The van der Waals surface area contributed by atoms with Crippen LogP contribution in [0, 0.1) is 5.92 Å². The van der Waals surface area contributed by atoms with E-state index in [1.807, 2.05) is 18.5 Å². The lowest BCUT2D eigenvalue weighted by molar-refractivity contribution is 0.506. The number of nitrogens with zero attached hydrogens (tertiary/aromatic N) is 2. The van der Waals surface area contributed by atoms with Crippen molar-refractivity contribution in [3.05, 3.63) is 24.0 Å². The fourth-order valence-corrected chi connectivity index (χ4v) is 2.41. The highest BCUT2D eigenvalue weighted by molar-refractivity contribution is 5.52. The molecule has 1 heterocycles. The molecule has 0 spiro atoms. The van der Waals surface area contributed by atoms with Crippen LogP contribution in [0.15, 0.2) is 18.5 Å². The molecule has 0 saturated heterocycles. The van der Waals surface area contributed by atoms with Crippen LogP contribution < -0.4 is 10.6 Å². The summed E-state index contributed by atoms with van der Waals surface area (Å²) in [6, 6.07) is 2.60. The minimum absolute atomic E-state index is 0.571. The quantitative estimate of drug-likeness (QED) is 0.807. The summed E-state index contributed by atoms with van der Waals surface area (Å²) < 4.78 is 0. The van der Waals surface area contributed by atoms with Crippen molar-refractivity contribution in [2.75, 3.05) is 11.4 Å². The molecule has 1 aromatic rings. The molecule has 0 aliphatic rings. The first-order chi connectivity index (χ1) is 8.63. The van der Waals surface area contributed by atoms with Crippen molar-refractivity contribution < 1.29 is 0 Å². The Morgan fingerprint density at radius 1 is 1.28 bits per heavy atom. The van der Waals surface area contributed by atoms with Gasteiger partial charge in [0.25, 0.3) is 0 Å². The van der Waals surface area contributed by atoms with Crippen LogP contribution in [0.3, 0.4) is 0 Å². The topological polar surface area (TPSA) is 42.2 Å². The summed E-state index contributed by atoms with van der Waals surface area (Å²) in [4.78, 5) is 6.76. The molecule has 0 aromatic carbocycles. The van der Waals surface area contributed by atoms with Crippen LogP contribution in [0.2, 0.25) is 0 Å². The molecule has 0 fully saturated rings. The third kappa shape index (κ3) is 3.70. The second-order valence-electron chi connectivity index (χ2n) is 5.23. The van der Waals surface area contributed by atoms with Gasteiger partial charge >= 0.3 is 0 Å². The number of anilines is 1. The van der Waals surface area contributed by atoms with E-state index in [1.165, 1.54) is 11.3 Å². The molecule has 0 bridgehead atoms. The van der Waals surface area contributed by atoms with Crippen LogP contribution >= 0.6 is 0 Å². The molecule has 0 aliphatic heterocycles. The van der Waals surface area contributed by atoms with Crippen LogP contribution in [0.1, 0.15) is 46.1 Å². The highest BCUT2D eigenvalue weighted by Crippen LogP contribution is 2.24. The molecule has 102 valence electrons. The molecule has 0 amide bonds. The highest BCUT2D eigenvalue weighted by atomic mass is 15.2. The summed E-state index contributed by atoms with van der Waals surface area (Å²) in [6.07, 6.45) is 6.10. The maximum atomic E-state index is 5.85. The fourth-order valence-electron chi connectivity index (χ4n) is 2.41. The normalized spacial score (nSPS) is 11.3. The Hall–Kier alpha value is -1.09. The van der Waals surface area contributed by atoms with Crippen molar-refractivity contribution in [3.8, 4) is 0 Å². The van der Waals surface area contributed by atoms with Gasteiger partial charge in [-0.3, -0.25) is 4.98 Å². The van der Waals surface area contributed by atoms with Gasteiger partial charge in [0.15, 0.2) is 0 Å². The van der Waals surface area contributed by atoms with Gasteiger partial charge in [0.05, 0.1) is 11.9 Å². The third-order valence-electron chi connectivity index (χ3n) is 3.36. The predicted octanol–water partition coefficient (Wildman–Crippen LogP) is 3.19. The molecule has 3 heteroatoms. The molecule has 1 rings (SSSR count). The van der Waals surface area contributed by atoms with Crippen LogP contribution in [0.4, 0.5) is 5.69 Å². The van der Waals surface area contributed by atoms with E-state index in [0.29, 0.717) is 18.5 Å². The third-order valence-corrected chi connectivity index (χ3v) is 3.36. The molecular formula is C15H27N3. The van der Waals surface area contributed by atoms with Gasteiger partial charge in [0.1, 0.15) is 0 Å². The van der Waals surface area contributed by atoms with Gasteiger partial charge in [-0.25, -0.2) is 0 Å². The first-order valence-corrected chi connectivity index (χ1v) is 7.03. The largest absolute Gasteiger partial charge is 0.367 e. The first-order valence-electron chi connectivity index (χ1n) is 7.03. The molecule has 3 nitrogen and oxygen atoms in total. The van der Waals surface area contributed by atoms with Crippen molar-refractivity contribution in [3.63, 3.8) is 0 Å². The molecule has 2 N–H and O–H groups in total. The van der Waals surface area contributed by atoms with Crippen molar-refractivity contribution in [2.24, 2.45) is 11.7 Å². The van der Waals surface area contributed by atoms with Gasteiger partial charge in [-0.2, -0.15) is 0 Å². The Balaban J connectivity index is 3.07. The van der Waals surface area contributed by atoms with Gasteiger partial charge < -0.3 is 10.6 Å². The van der Waals surface area contributed by atoms with Crippen LogP contribution in [0.25, 0.3) is 0 Å². The zero-order chi connectivity index (χ0) is 13.5. The average molecular weight is 249 g/mol. The number of rotatable bonds is 7. The van der Waals surface area contributed by atoms with E-state index in [9.17, 15) is 0 Å². The highest BCUT2D eigenvalue weighted by Gasteiger charge is 2.19. The molecule has 0 unspecified atom stereocenters. The number of pyridine rings is 1. The standard InChI is InChI=1S/C15H27N3/c1-5-14(6-2)18(11-12(3)4)15-10-17-8-7-13(15)9-16/h7-8,10,12,14H,5-6,9,11,16H2,1-4H3. The molecule has 0 saturated carbocycles. The second kappa shape index (κ2) is 7.37. The minimum atomic E-state index is 0.571. The van der Waals surface area contributed by atoms with Crippen LogP contribution in [-0.4, -0.2) is 17.6 Å². The fraction of sp³-hybridized carbons (Fsp3) is 0.667. The predicted molar refractivity (Wildman–Crippen MR) is 78.7 cm³/mol. The summed E-state index contributed by atoms with van der Waals surface area (Å²) in [5.74, 6) is 0.636. The molecule has 0 aliphatic carbocycles. The zero-order valence-electron chi connectivity index (χ0n) is 12.2. The molecule has 0 atom stereocenters. The van der Waals surface area contributed by atoms with Gasteiger partial charge in [0.2, 0.25) is 0 Å². The number of hydrogen-bond acceptors (Lipinski definition) is 3. The van der Waals surface area contributed by atoms with Crippen molar-refractivity contribution in [1.29, 1.82) is 0 Å². The number of hydrogen-bond donors (Lipinski definition) is 1. The van der Waals surface area contributed by atoms with Crippen LogP contribution in [-0.2, 0) is 6.54 Å². The van der Waals surface area contributed by atoms with E-state index in [2.05, 4.69) is 37.6 Å². The Labute approximate surface area is 111 Å². The number of aromatic nitrogens is 1. The maximum absolute atomic E-state index is 5.85. The smallest absolute Gasteiger partial charge is 0.0600 e. The van der Waals surface area contributed by atoms with E-state index in [4.69, 9.17) is 5.73 Å². The lowest BCUT2D eigenvalue weighted by Crippen LogP contribution is -2.38. The SMILES string of the molecule is CCC(CC)N(CC(C)C)c1cnccc1CN. The van der Waals surface area contributed by atoms with E-state index < -0.39 is 0 Å². The van der Waals surface area contributed by atoms with E-state index in [-0.39, 0.29) is 0 Å². The summed E-state index contributed by atoms with van der Waals surface area (Å²) >= 11 is 0. The van der Waals surface area contributed by atoms with Gasteiger partial charge in [-0.1, -0.05) is 27.7 Å². The molecule has 1 aromatic heterocycles. The van der Waals surface area contributed by atoms with Crippen molar-refractivity contribution in [2.45, 2.75) is 53.1 Å². The van der Waals surface area contributed by atoms with E-state index in [0.717, 1.165) is 19.4 Å². The summed E-state index contributed by atoms with van der Waals surface area (Å²) in [5.41, 5.74) is 8.25.